The van der Waals surface area contributed by atoms with E-state index in [9.17, 15) is 19.2 Å². The van der Waals surface area contributed by atoms with Gasteiger partial charge in [-0.05, 0) is 0 Å². The minimum atomic E-state index is -0.856. The van der Waals surface area contributed by atoms with Crippen molar-refractivity contribution in [1.82, 2.24) is 5.32 Å². The Morgan fingerprint density at radius 2 is 1.86 bits per heavy atom. The Bertz CT molecular complexity index is 471. The molecule has 1 amide bonds. The number of hydrogen-bond donors (Lipinski definition) is 1. The molecule has 1 fully saturated rings. The van der Waals surface area contributed by atoms with E-state index in [1.807, 2.05) is 0 Å². The van der Waals surface area contributed by atoms with Crippen molar-refractivity contribution in [2.75, 3.05) is 20.0 Å². The van der Waals surface area contributed by atoms with Gasteiger partial charge in [0.15, 0.2) is 0 Å². The molecule has 0 bridgehead atoms. The fraction of sp³-hybridized carbons (Fsp3) is 0.538. The molecule has 122 valence electrons. The summed E-state index contributed by atoms with van der Waals surface area (Å²) < 4.78 is 18.6. The van der Waals surface area contributed by atoms with Crippen LogP contribution in [0.1, 0.15) is 13.8 Å². The standard InChI is InChI=1S/C13H17NO8/c1-8(2)12(17)22-7-21-11(16)4-3-10(15)19-5-9-6-20-13(18)14-9/h3-4,8-9H,5-7H2,1-2H3,(H,14,18). The van der Waals surface area contributed by atoms with Crippen LogP contribution >= 0.6 is 0 Å². The van der Waals surface area contributed by atoms with Crippen LogP contribution in [0.3, 0.4) is 0 Å². The molecule has 22 heavy (non-hydrogen) atoms. The molecule has 9 heteroatoms. The van der Waals surface area contributed by atoms with Crippen LogP contribution in [0.15, 0.2) is 12.2 Å². The number of rotatable bonds is 7. The third-order valence-electron chi connectivity index (χ3n) is 2.39. The van der Waals surface area contributed by atoms with Crippen molar-refractivity contribution < 1.29 is 38.1 Å². The molecule has 1 atom stereocenters. The summed E-state index contributed by atoms with van der Waals surface area (Å²) in [7, 11) is 0. The normalized spacial score (nSPS) is 17.0. The molecule has 0 spiro atoms. The van der Waals surface area contributed by atoms with Gasteiger partial charge in [0.25, 0.3) is 0 Å². The third kappa shape index (κ3) is 6.73. The number of cyclic esters (lactones) is 1. The van der Waals surface area contributed by atoms with Gasteiger partial charge in [0.05, 0.1) is 5.92 Å². The predicted octanol–water partition coefficient (Wildman–Crippen LogP) is -0.106. The molecule has 1 unspecified atom stereocenters. The quantitative estimate of drug-likeness (QED) is 0.299. The van der Waals surface area contributed by atoms with E-state index in [1.165, 1.54) is 0 Å². The fourth-order valence-corrected chi connectivity index (χ4v) is 1.24. The van der Waals surface area contributed by atoms with Crippen molar-refractivity contribution >= 4 is 24.0 Å². The van der Waals surface area contributed by atoms with Crippen molar-refractivity contribution in [1.29, 1.82) is 0 Å². The van der Waals surface area contributed by atoms with Gasteiger partial charge in [-0.2, -0.15) is 0 Å². The van der Waals surface area contributed by atoms with E-state index in [0.29, 0.717) is 0 Å². The van der Waals surface area contributed by atoms with E-state index in [2.05, 4.69) is 19.5 Å². The Labute approximate surface area is 126 Å². The molecule has 0 aromatic heterocycles. The van der Waals surface area contributed by atoms with Crippen LogP contribution in [-0.2, 0) is 33.3 Å². The molecule has 0 saturated carbocycles. The number of nitrogens with one attached hydrogen (secondary N) is 1. The highest BCUT2D eigenvalue weighted by molar-refractivity contribution is 5.91. The number of esters is 3. The van der Waals surface area contributed by atoms with Gasteiger partial charge in [0.1, 0.15) is 19.3 Å². The average Bonchev–Trinajstić information content (AvgIpc) is 2.88. The highest BCUT2D eigenvalue weighted by atomic mass is 16.7. The molecular formula is C13H17NO8. The zero-order chi connectivity index (χ0) is 16.5. The van der Waals surface area contributed by atoms with Crippen LogP contribution in [0.5, 0.6) is 0 Å². The molecule has 0 aromatic carbocycles. The summed E-state index contributed by atoms with van der Waals surface area (Å²) in [6.07, 6.45) is 1.13. The van der Waals surface area contributed by atoms with Gasteiger partial charge < -0.3 is 24.3 Å². The van der Waals surface area contributed by atoms with Crippen molar-refractivity contribution in [3.8, 4) is 0 Å². The van der Waals surface area contributed by atoms with Crippen LogP contribution in [0.4, 0.5) is 4.79 Å². The lowest BCUT2D eigenvalue weighted by Gasteiger charge is -2.07. The van der Waals surface area contributed by atoms with Crippen LogP contribution in [-0.4, -0.2) is 50.0 Å². The number of carbonyl (C=O) groups is 4. The van der Waals surface area contributed by atoms with Gasteiger partial charge in [-0.15, -0.1) is 0 Å². The van der Waals surface area contributed by atoms with Crippen LogP contribution in [0, 0.1) is 5.92 Å². The Kier molecular flexibility index (Phi) is 6.87. The maximum atomic E-state index is 11.3. The first-order valence-electron chi connectivity index (χ1n) is 6.50. The molecule has 1 rings (SSSR count). The van der Waals surface area contributed by atoms with Crippen LogP contribution in [0.25, 0.3) is 0 Å². The summed E-state index contributed by atoms with van der Waals surface area (Å²) in [5.74, 6) is -2.47. The summed E-state index contributed by atoms with van der Waals surface area (Å²) in [4.78, 5) is 44.3. The first-order chi connectivity index (χ1) is 10.4. The molecule has 0 radical (unpaired) electrons. The molecule has 9 nitrogen and oxygen atoms in total. The highest BCUT2D eigenvalue weighted by Crippen LogP contribution is 1.99. The van der Waals surface area contributed by atoms with E-state index < -0.39 is 36.8 Å². The molecule has 1 saturated heterocycles. The van der Waals surface area contributed by atoms with E-state index in [4.69, 9.17) is 4.74 Å². The number of hydrogen-bond acceptors (Lipinski definition) is 8. The summed E-state index contributed by atoms with van der Waals surface area (Å²) >= 11 is 0. The van der Waals surface area contributed by atoms with E-state index >= 15 is 0 Å². The van der Waals surface area contributed by atoms with Gasteiger partial charge in [-0.3, -0.25) is 4.79 Å². The minimum Gasteiger partial charge on any atom is -0.460 e. The predicted molar refractivity (Wildman–Crippen MR) is 70.3 cm³/mol. The topological polar surface area (TPSA) is 117 Å². The average molecular weight is 315 g/mol. The Hall–Kier alpha value is -2.58. The van der Waals surface area contributed by atoms with Gasteiger partial charge >= 0.3 is 24.0 Å². The van der Waals surface area contributed by atoms with Crippen molar-refractivity contribution in [2.24, 2.45) is 5.92 Å². The smallest absolute Gasteiger partial charge is 0.407 e. The van der Waals surface area contributed by atoms with Crippen molar-refractivity contribution in [3.05, 3.63) is 12.2 Å². The SMILES string of the molecule is CC(C)C(=O)OCOC(=O)C=CC(=O)OCC1COC(=O)N1. The number of alkyl carbamates (subject to hydrolysis) is 1. The summed E-state index contributed by atoms with van der Waals surface area (Å²) in [6, 6.07) is -0.410. The number of ether oxygens (including phenoxy) is 4. The molecule has 1 N–H and O–H groups in total. The van der Waals surface area contributed by atoms with Gasteiger partial charge in [-0.25, -0.2) is 14.4 Å². The monoisotopic (exact) mass is 315 g/mol. The number of carbonyl (C=O) groups excluding carboxylic acids is 4. The molecule has 1 aliphatic heterocycles. The first kappa shape index (κ1) is 17.5. The molecule has 1 aliphatic rings. The third-order valence-corrected chi connectivity index (χ3v) is 2.39. The fourth-order valence-electron chi connectivity index (χ4n) is 1.24. The lowest BCUT2D eigenvalue weighted by molar-refractivity contribution is -0.166. The summed E-state index contributed by atoms with van der Waals surface area (Å²) in [5, 5.41) is 2.42. The second-order valence-electron chi connectivity index (χ2n) is 4.60. The minimum absolute atomic E-state index is 0.0735. The Morgan fingerprint density at radius 1 is 1.23 bits per heavy atom. The van der Waals surface area contributed by atoms with E-state index in [-0.39, 0.29) is 19.1 Å². The van der Waals surface area contributed by atoms with E-state index in [1.54, 1.807) is 13.8 Å². The van der Waals surface area contributed by atoms with E-state index in [0.717, 1.165) is 12.2 Å². The summed E-state index contributed by atoms with van der Waals surface area (Å²) in [6.45, 7) is 2.78. The van der Waals surface area contributed by atoms with Crippen LogP contribution in [0.2, 0.25) is 0 Å². The van der Waals surface area contributed by atoms with Gasteiger partial charge in [0, 0.05) is 12.2 Å². The van der Waals surface area contributed by atoms with Crippen molar-refractivity contribution in [3.63, 3.8) is 0 Å². The first-order valence-corrected chi connectivity index (χ1v) is 6.50. The summed E-state index contributed by atoms with van der Waals surface area (Å²) in [5.41, 5.74) is 0. The second kappa shape index (κ2) is 8.65. The molecular weight excluding hydrogens is 298 g/mol. The largest absolute Gasteiger partial charge is 0.460 e. The van der Waals surface area contributed by atoms with Crippen molar-refractivity contribution in [2.45, 2.75) is 19.9 Å². The van der Waals surface area contributed by atoms with Gasteiger partial charge in [-0.1, -0.05) is 13.8 Å². The van der Waals surface area contributed by atoms with Gasteiger partial charge in [0.2, 0.25) is 6.79 Å². The maximum Gasteiger partial charge on any atom is 0.407 e. The second-order valence-corrected chi connectivity index (χ2v) is 4.60. The molecule has 0 aliphatic carbocycles. The zero-order valence-electron chi connectivity index (χ0n) is 12.2. The molecule has 1 heterocycles. The Balaban J connectivity index is 2.17. The lowest BCUT2D eigenvalue weighted by Crippen LogP contribution is -2.31. The molecule has 0 aromatic rings. The highest BCUT2D eigenvalue weighted by Gasteiger charge is 2.23. The zero-order valence-corrected chi connectivity index (χ0v) is 12.2. The Morgan fingerprint density at radius 3 is 2.41 bits per heavy atom. The lowest BCUT2D eigenvalue weighted by atomic mass is 10.2. The number of amides is 1. The maximum absolute atomic E-state index is 11.3. The van der Waals surface area contributed by atoms with Crippen LogP contribution < -0.4 is 5.32 Å².